The number of benzene rings is 1. The first-order valence-electron chi connectivity index (χ1n) is 8.42. The van der Waals surface area contributed by atoms with Gasteiger partial charge in [-0.15, -0.1) is 0 Å². The summed E-state index contributed by atoms with van der Waals surface area (Å²) in [6.45, 7) is 6.11. The van der Waals surface area contributed by atoms with Gasteiger partial charge in [-0.05, 0) is 62.7 Å². The van der Waals surface area contributed by atoms with Gasteiger partial charge in [0.15, 0.2) is 0 Å². The normalized spacial score (nSPS) is 17.4. The summed E-state index contributed by atoms with van der Waals surface area (Å²) in [4.78, 5) is 7.29. The molecule has 1 fully saturated rings. The zero-order valence-corrected chi connectivity index (χ0v) is 13.1. The fourth-order valence-corrected chi connectivity index (χ4v) is 3.41. The first-order chi connectivity index (χ1) is 10.4. The van der Waals surface area contributed by atoms with E-state index in [0.29, 0.717) is 0 Å². The molecule has 0 spiro atoms. The second-order valence-corrected chi connectivity index (χ2v) is 6.32. The molecule has 2 nitrogen and oxygen atoms in total. The Morgan fingerprint density at radius 3 is 2.76 bits per heavy atom. The number of unbranched alkanes of at least 4 members (excludes halogenated alkanes) is 1. The average molecular weight is 282 g/mol. The highest BCUT2D eigenvalue weighted by molar-refractivity contribution is 5.84. The number of fused-ring (bicyclic) bond motifs is 1. The van der Waals surface area contributed by atoms with Crippen molar-refractivity contribution in [3.8, 4) is 0 Å². The summed E-state index contributed by atoms with van der Waals surface area (Å²) in [5, 5.41) is 2.66. The predicted molar refractivity (Wildman–Crippen MR) is 89.5 cm³/mol. The van der Waals surface area contributed by atoms with Crippen molar-refractivity contribution in [1.29, 1.82) is 0 Å². The number of rotatable bonds is 5. The van der Waals surface area contributed by atoms with E-state index in [1.54, 1.807) is 0 Å². The number of nitrogens with zero attached hydrogens (tertiary/aromatic N) is 2. The van der Waals surface area contributed by atoms with Crippen LogP contribution in [0.5, 0.6) is 0 Å². The van der Waals surface area contributed by atoms with Crippen molar-refractivity contribution in [2.75, 3.05) is 19.6 Å². The molecule has 1 saturated heterocycles. The van der Waals surface area contributed by atoms with E-state index in [9.17, 15) is 0 Å². The molecule has 21 heavy (non-hydrogen) atoms. The Morgan fingerprint density at radius 2 is 1.95 bits per heavy atom. The van der Waals surface area contributed by atoms with E-state index in [1.165, 1.54) is 61.8 Å². The van der Waals surface area contributed by atoms with Crippen LogP contribution < -0.4 is 0 Å². The van der Waals surface area contributed by atoms with Crippen LogP contribution in [0.3, 0.4) is 0 Å². The zero-order chi connectivity index (χ0) is 14.5. The van der Waals surface area contributed by atoms with Crippen LogP contribution in [0.15, 0.2) is 36.5 Å². The van der Waals surface area contributed by atoms with Crippen LogP contribution in [-0.2, 0) is 6.42 Å². The molecule has 112 valence electrons. The van der Waals surface area contributed by atoms with Crippen LogP contribution in [0.2, 0.25) is 0 Å². The van der Waals surface area contributed by atoms with E-state index in [2.05, 4.69) is 47.1 Å². The summed E-state index contributed by atoms with van der Waals surface area (Å²) in [5.74, 6) is 0.807. The Balaban J connectivity index is 1.62. The fraction of sp³-hybridized carbons (Fsp3) is 0.526. The molecule has 0 saturated carbocycles. The van der Waals surface area contributed by atoms with Gasteiger partial charge < -0.3 is 4.90 Å². The number of piperidine rings is 1. The minimum absolute atomic E-state index is 0.807. The molecule has 1 aliphatic rings. The van der Waals surface area contributed by atoms with Gasteiger partial charge >= 0.3 is 0 Å². The Labute approximate surface area is 128 Å². The van der Waals surface area contributed by atoms with Gasteiger partial charge in [0.2, 0.25) is 0 Å². The number of aromatic nitrogens is 1. The third-order valence-electron chi connectivity index (χ3n) is 4.77. The van der Waals surface area contributed by atoms with Gasteiger partial charge in [-0.3, -0.25) is 4.98 Å². The maximum absolute atomic E-state index is 4.66. The minimum Gasteiger partial charge on any atom is -0.303 e. The van der Waals surface area contributed by atoms with Crippen molar-refractivity contribution >= 4 is 10.8 Å². The molecular formula is C19H26N2. The smallest absolute Gasteiger partial charge is 0.0484 e. The second-order valence-electron chi connectivity index (χ2n) is 6.32. The summed E-state index contributed by atoms with van der Waals surface area (Å²) < 4.78 is 0. The standard InChI is InChI=1S/C19H26N2/c1-2-3-12-21-13-9-16(10-14-21)15-19-18-7-5-4-6-17(18)8-11-20-19/h4-8,11,16H,2-3,9-10,12-15H2,1H3. The minimum atomic E-state index is 0.807. The van der Waals surface area contributed by atoms with Crippen molar-refractivity contribution in [1.82, 2.24) is 9.88 Å². The third-order valence-corrected chi connectivity index (χ3v) is 4.77. The summed E-state index contributed by atoms with van der Waals surface area (Å²) in [7, 11) is 0. The van der Waals surface area contributed by atoms with Gasteiger partial charge in [0, 0.05) is 17.3 Å². The first-order valence-corrected chi connectivity index (χ1v) is 8.42. The van der Waals surface area contributed by atoms with E-state index < -0.39 is 0 Å². The highest BCUT2D eigenvalue weighted by atomic mass is 15.1. The Hall–Kier alpha value is -1.41. The summed E-state index contributed by atoms with van der Waals surface area (Å²) in [6, 6.07) is 10.8. The summed E-state index contributed by atoms with van der Waals surface area (Å²) in [6.07, 6.45) is 8.41. The lowest BCUT2D eigenvalue weighted by molar-refractivity contribution is 0.181. The third kappa shape index (κ3) is 3.62. The molecule has 0 atom stereocenters. The molecule has 0 bridgehead atoms. The molecule has 3 rings (SSSR count). The number of hydrogen-bond donors (Lipinski definition) is 0. The number of hydrogen-bond acceptors (Lipinski definition) is 2. The van der Waals surface area contributed by atoms with Gasteiger partial charge in [-0.2, -0.15) is 0 Å². The van der Waals surface area contributed by atoms with Gasteiger partial charge in [-0.1, -0.05) is 37.6 Å². The molecule has 0 N–H and O–H groups in total. The van der Waals surface area contributed by atoms with Crippen LogP contribution in [0.1, 0.15) is 38.3 Å². The van der Waals surface area contributed by atoms with Crippen LogP contribution in [0, 0.1) is 5.92 Å². The molecule has 0 amide bonds. The van der Waals surface area contributed by atoms with Crippen LogP contribution >= 0.6 is 0 Å². The Bertz CT molecular complexity index is 565. The number of likely N-dealkylation sites (tertiary alicyclic amines) is 1. The zero-order valence-electron chi connectivity index (χ0n) is 13.1. The van der Waals surface area contributed by atoms with Gasteiger partial charge in [0.05, 0.1) is 0 Å². The molecule has 2 aromatic rings. The molecule has 1 aromatic heterocycles. The first kappa shape index (κ1) is 14.5. The van der Waals surface area contributed by atoms with Gasteiger partial charge in [0.25, 0.3) is 0 Å². The predicted octanol–water partition coefficient (Wildman–Crippen LogP) is 4.29. The van der Waals surface area contributed by atoms with Crippen molar-refractivity contribution < 1.29 is 0 Å². The van der Waals surface area contributed by atoms with Gasteiger partial charge in [0.1, 0.15) is 0 Å². The summed E-state index contributed by atoms with van der Waals surface area (Å²) in [5.41, 5.74) is 1.29. The second kappa shape index (κ2) is 7.04. The van der Waals surface area contributed by atoms with Crippen molar-refractivity contribution in [2.24, 2.45) is 5.92 Å². The quantitative estimate of drug-likeness (QED) is 0.813. The van der Waals surface area contributed by atoms with E-state index >= 15 is 0 Å². The Kier molecular flexibility index (Phi) is 4.87. The van der Waals surface area contributed by atoms with Crippen LogP contribution in [0.4, 0.5) is 0 Å². The lowest BCUT2D eigenvalue weighted by atomic mass is 9.90. The molecule has 2 heteroatoms. The van der Waals surface area contributed by atoms with Crippen molar-refractivity contribution in [3.05, 3.63) is 42.2 Å². The number of pyridine rings is 1. The van der Waals surface area contributed by atoms with Crippen LogP contribution in [0.25, 0.3) is 10.8 Å². The van der Waals surface area contributed by atoms with Crippen molar-refractivity contribution in [3.63, 3.8) is 0 Å². The molecule has 0 unspecified atom stereocenters. The highest BCUT2D eigenvalue weighted by Gasteiger charge is 2.20. The maximum atomic E-state index is 4.66. The van der Waals surface area contributed by atoms with Gasteiger partial charge in [-0.25, -0.2) is 0 Å². The highest BCUT2D eigenvalue weighted by Crippen LogP contribution is 2.25. The fourth-order valence-electron chi connectivity index (χ4n) is 3.41. The maximum Gasteiger partial charge on any atom is 0.0484 e. The van der Waals surface area contributed by atoms with E-state index in [0.717, 1.165) is 12.3 Å². The monoisotopic (exact) mass is 282 g/mol. The molecule has 0 aliphatic carbocycles. The van der Waals surface area contributed by atoms with Crippen LogP contribution in [-0.4, -0.2) is 29.5 Å². The Morgan fingerprint density at radius 1 is 1.14 bits per heavy atom. The summed E-state index contributed by atoms with van der Waals surface area (Å²) >= 11 is 0. The molecule has 1 aromatic carbocycles. The molecule has 0 radical (unpaired) electrons. The average Bonchev–Trinajstić information content (AvgIpc) is 2.55. The largest absolute Gasteiger partial charge is 0.303 e. The van der Waals surface area contributed by atoms with Crippen molar-refractivity contribution in [2.45, 2.75) is 39.0 Å². The van der Waals surface area contributed by atoms with E-state index in [4.69, 9.17) is 0 Å². The van der Waals surface area contributed by atoms with E-state index in [1.807, 2.05) is 6.20 Å². The molecule has 1 aliphatic heterocycles. The SMILES string of the molecule is CCCCN1CCC(Cc2nccc3ccccc23)CC1. The lowest BCUT2D eigenvalue weighted by Gasteiger charge is -2.31. The molecular weight excluding hydrogens is 256 g/mol. The topological polar surface area (TPSA) is 16.1 Å². The lowest BCUT2D eigenvalue weighted by Crippen LogP contribution is -2.35. The molecule has 2 heterocycles. The van der Waals surface area contributed by atoms with E-state index in [-0.39, 0.29) is 0 Å².